The van der Waals surface area contributed by atoms with E-state index in [0.717, 1.165) is 17.8 Å². The molecule has 1 amide bonds. The van der Waals surface area contributed by atoms with E-state index in [9.17, 15) is 9.59 Å². The van der Waals surface area contributed by atoms with Gasteiger partial charge in [-0.3, -0.25) is 9.69 Å². The normalized spacial score (nSPS) is 23.1. The molecule has 1 saturated carbocycles. The molecule has 3 rings (SSSR count). The molecule has 1 aliphatic carbocycles. The van der Waals surface area contributed by atoms with Crippen LogP contribution >= 0.6 is 0 Å². The van der Waals surface area contributed by atoms with Gasteiger partial charge in [0.2, 0.25) is 0 Å². The summed E-state index contributed by atoms with van der Waals surface area (Å²) >= 11 is 0. The van der Waals surface area contributed by atoms with Crippen molar-refractivity contribution in [1.29, 1.82) is 0 Å². The lowest BCUT2D eigenvalue weighted by atomic mass is 10.1. The summed E-state index contributed by atoms with van der Waals surface area (Å²) < 4.78 is 5.47. The zero-order valence-electron chi connectivity index (χ0n) is 12.8. The highest BCUT2D eigenvalue weighted by Gasteiger charge is 2.48. The summed E-state index contributed by atoms with van der Waals surface area (Å²) in [6, 6.07) is 3.50. The number of pyridine rings is 1. The molecule has 2 aliphatic rings. The number of Topliss-reactive ketones (excluding diaryl/α,β-unsaturated/α-hetero) is 1. The summed E-state index contributed by atoms with van der Waals surface area (Å²) in [6.45, 7) is 7.74. The minimum Gasteiger partial charge on any atom is -0.443 e. The summed E-state index contributed by atoms with van der Waals surface area (Å²) in [4.78, 5) is 30.0. The topological polar surface area (TPSA) is 59.5 Å². The third-order valence-corrected chi connectivity index (χ3v) is 3.86. The van der Waals surface area contributed by atoms with Gasteiger partial charge in [0.05, 0.1) is 11.4 Å². The van der Waals surface area contributed by atoms with Gasteiger partial charge in [-0.15, -0.1) is 0 Å². The highest BCUT2D eigenvalue weighted by Crippen LogP contribution is 2.54. The van der Waals surface area contributed by atoms with E-state index in [1.807, 2.05) is 26.8 Å². The number of aromatic nitrogens is 1. The molecule has 1 aromatic rings. The van der Waals surface area contributed by atoms with Gasteiger partial charge in [0.1, 0.15) is 11.3 Å². The number of ether oxygens (including phenoxy) is 1. The Morgan fingerprint density at radius 2 is 2.05 bits per heavy atom. The van der Waals surface area contributed by atoms with Crippen molar-refractivity contribution < 1.29 is 14.3 Å². The van der Waals surface area contributed by atoms with Gasteiger partial charge in [-0.2, -0.15) is 0 Å². The molecule has 2 atom stereocenters. The van der Waals surface area contributed by atoms with Gasteiger partial charge >= 0.3 is 6.09 Å². The quantitative estimate of drug-likeness (QED) is 0.745. The van der Waals surface area contributed by atoms with Gasteiger partial charge in [0.15, 0.2) is 5.78 Å². The van der Waals surface area contributed by atoms with Crippen LogP contribution in [0.4, 0.5) is 10.5 Å². The van der Waals surface area contributed by atoms with Gasteiger partial charge in [-0.25, -0.2) is 9.78 Å². The molecular formula is C16H20N2O3. The van der Waals surface area contributed by atoms with Crippen molar-refractivity contribution in [3.63, 3.8) is 0 Å². The SMILES string of the molecule is CC(=O)c1ccc2c(n1)C1CC1CN2C(=O)OC(C)(C)C. The van der Waals surface area contributed by atoms with Gasteiger partial charge in [0, 0.05) is 19.4 Å². The Morgan fingerprint density at radius 3 is 2.67 bits per heavy atom. The molecule has 5 heteroatoms. The van der Waals surface area contributed by atoms with Crippen molar-refractivity contribution in [2.24, 2.45) is 5.92 Å². The van der Waals surface area contributed by atoms with E-state index in [-0.39, 0.29) is 11.9 Å². The summed E-state index contributed by atoms with van der Waals surface area (Å²) in [5.41, 5.74) is 1.59. The number of nitrogens with zero attached hydrogens (tertiary/aromatic N) is 2. The smallest absolute Gasteiger partial charge is 0.414 e. The number of amides is 1. The Hall–Kier alpha value is -1.91. The molecule has 0 N–H and O–H groups in total. The zero-order chi connectivity index (χ0) is 15.4. The molecule has 2 heterocycles. The fourth-order valence-electron chi connectivity index (χ4n) is 2.77. The molecule has 0 saturated heterocycles. The van der Waals surface area contributed by atoms with Crippen molar-refractivity contribution in [1.82, 2.24) is 4.98 Å². The van der Waals surface area contributed by atoms with E-state index >= 15 is 0 Å². The second kappa shape index (κ2) is 4.55. The van der Waals surface area contributed by atoms with Crippen molar-refractivity contribution >= 4 is 17.6 Å². The van der Waals surface area contributed by atoms with E-state index in [0.29, 0.717) is 24.1 Å². The first-order valence-corrected chi connectivity index (χ1v) is 7.28. The van der Waals surface area contributed by atoms with Gasteiger partial charge in [-0.05, 0) is 45.2 Å². The molecule has 21 heavy (non-hydrogen) atoms. The van der Waals surface area contributed by atoms with E-state index in [2.05, 4.69) is 4.98 Å². The van der Waals surface area contributed by atoms with Crippen molar-refractivity contribution in [3.8, 4) is 0 Å². The third-order valence-electron chi connectivity index (χ3n) is 3.86. The van der Waals surface area contributed by atoms with E-state index < -0.39 is 5.60 Å². The van der Waals surface area contributed by atoms with Crippen LogP contribution in [0.5, 0.6) is 0 Å². The monoisotopic (exact) mass is 288 g/mol. The number of rotatable bonds is 1. The number of hydrogen-bond donors (Lipinski definition) is 0. The molecule has 1 fully saturated rings. The Labute approximate surface area is 124 Å². The van der Waals surface area contributed by atoms with Crippen LogP contribution in [0.15, 0.2) is 12.1 Å². The molecule has 1 aliphatic heterocycles. The molecule has 0 spiro atoms. The van der Waals surface area contributed by atoms with Gasteiger partial charge in [-0.1, -0.05) is 0 Å². The summed E-state index contributed by atoms with van der Waals surface area (Å²) in [5, 5.41) is 0. The highest BCUT2D eigenvalue weighted by molar-refractivity contribution is 5.94. The molecule has 0 radical (unpaired) electrons. The van der Waals surface area contributed by atoms with Crippen LogP contribution in [0.25, 0.3) is 0 Å². The maximum Gasteiger partial charge on any atom is 0.414 e. The van der Waals surface area contributed by atoms with Crippen LogP contribution in [-0.2, 0) is 4.74 Å². The van der Waals surface area contributed by atoms with Crippen molar-refractivity contribution in [2.45, 2.75) is 45.6 Å². The number of carbonyl (C=O) groups is 2. The fraction of sp³-hybridized carbons (Fsp3) is 0.562. The average Bonchev–Trinajstić information content (AvgIpc) is 3.14. The number of carbonyl (C=O) groups excluding carboxylic acids is 2. The highest BCUT2D eigenvalue weighted by atomic mass is 16.6. The summed E-state index contributed by atoms with van der Waals surface area (Å²) in [7, 11) is 0. The molecule has 1 aromatic heterocycles. The predicted octanol–water partition coefficient (Wildman–Crippen LogP) is 3.14. The molecule has 0 aromatic carbocycles. The second-order valence-electron chi connectivity index (χ2n) is 6.85. The third kappa shape index (κ3) is 2.64. The Morgan fingerprint density at radius 1 is 1.33 bits per heavy atom. The number of hydrogen-bond acceptors (Lipinski definition) is 4. The lowest BCUT2D eigenvalue weighted by Gasteiger charge is -2.31. The minimum atomic E-state index is -0.523. The van der Waals surface area contributed by atoms with Gasteiger partial charge in [0.25, 0.3) is 0 Å². The van der Waals surface area contributed by atoms with Crippen molar-refractivity contribution in [3.05, 3.63) is 23.5 Å². The first-order valence-electron chi connectivity index (χ1n) is 7.28. The minimum absolute atomic E-state index is 0.0515. The summed E-state index contributed by atoms with van der Waals surface area (Å²) in [6.07, 6.45) is 0.687. The van der Waals surface area contributed by atoms with E-state index in [1.54, 1.807) is 11.0 Å². The first-order chi connectivity index (χ1) is 9.76. The van der Waals surface area contributed by atoms with Gasteiger partial charge < -0.3 is 4.74 Å². The van der Waals surface area contributed by atoms with Crippen molar-refractivity contribution in [2.75, 3.05) is 11.4 Å². The van der Waals surface area contributed by atoms with Crippen LogP contribution in [-0.4, -0.2) is 29.0 Å². The lowest BCUT2D eigenvalue weighted by Crippen LogP contribution is -2.40. The van der Waals surface area contributed by atoms with Crippen LogP contribution in [0.2, 0.25) is 0 Å². The lowest BCUT2D eigenvalue weighted by molar-refractivity contribution is 0.0576. The van der Waals surface area contributed by atoms with E-state index in [4.69, 9.17) is 4.74 Å². The number of fused-ring (bicyclic) bond motifs is 3. The van der Waals surface area contributed by atoms with Crippen LogP contribution < -0.4 is 4.90 Å². The molecular weight excluding hydrogens is 268 g/mol. The number of anilines is 1. The van der Waals surface area contributed by atoms with Crippen LogP contribution in [0, 0.1) is 5.92 Å². The first kappa shape index (κ1) is 14.0. The Balaban J connectivity index is 1.94. The maximum absolute atomic E-state index is 12.4. The zero-order valence-corrected chi connectivity index (χ0v) is 12.8. The Bertz CT molecular complexity index is 618. The second-order valence-corrected chi connectivity index (χ2v) is 6.85. The number of ketones is 1. The molecule has 112 valence electrons. The fourth-order valence-corrected chi connectivity index (χ4v) is 2.77. The predicted molar refractivity (Wildman–Crippen MR) is 78.7 cm³/mol. The summed E-state index contributed by atoms with van der Waals surface area (Å²) in [5.74, 6) is 0.780. The Kier molecular flexibility index (Phi) is 3.04. The molecule has 5 nitrogen and oxygen atoms in total. The molecule has 2 unspecified atom stereocenters. The largest absolute Gasteiger partial charge is 0.443 e. The van der Waals surface area contributed by atoms with Crippen LogP contribution in [0.1, 0.15) is 56.2 Å². The standard InChI is InChI=1S/C16H20N2O3/c1-9(19)12-5-6-13-14(17-12)11-7-10(11)8-18(13)15(20)21-16(2,3)4/h5-6,10-11H,7-8H2,1-4H3. The molecule has 0 bridgehead atoms. The van der Waals surface area contributed by atoms with E-state index in [1.165, 1.54) is 6.92 Å². The average molecular weight is 288 g/mol. The van der Waals surface area contributed by atoms with Crippen LogP contribution in [0.3, 0.4) is 0 Å². The maximum atomic E-state index is 12.4.